The molecule has 0 amide bonds. The molecule has 0 bridgehead atoms. The average molecular weight is 269 g/mol. The van der Waals surface area contributed by atoms with Crippen molar-refractivity contribution in [3.05, 3.63) is 36.0 Å². The van der Waals surface area contributed by atoms with Gasteiger partial charge in [-0.2, -0.15) is 18.4 Å². The van der Waals surface area contributed by atoms with Crippen LogP contribution in [0.5, 0.6) is 0 Å². The van der Waals surface area contributed by atoms with Crippen LogP contribution in [0, 0.1) is 11.3 Å². The molecule has 19 heavy (non-hydrogen) atoms. The fourth-order valence-corrected chi connectivity index (χ4v) is 1.59. The fourth-order valence-electron chi connectivity index (χ4n) is 1.59. The van der Waals surface area contributed by atoms with Gasteiger partial charge in [0, 0.05) is 12.6 Å². The van der Waals surface area contributed by atoms with Crippen LogP contribution in [-0.2, 0) is 6.18 Å². The van der Waals surface area contributed by atoms with Crippen LogP contribution in [0.2, 0.25) is 0 Å². The van der Waals surface area contributed by atoms with Crippen molar-refractivity contribution in [3.8, 4) is 6.07 Å². The van der Waals surface area contributed by atoms with Gasteiger partial charge in [0.25, 0.3) is 0 Å². The quantitative estimate of drug-likeness (QED) is 0.787. The second kappa shape index (κ2) is 5.74. The van der Waals surface area contributed by atoms with Gasteiger partial charge in [0.05, 0.1) is 5.56 Å². The normalized spacial score (nSPS) is 11.2. The van der Waals surface area contributed by atoms with Gasteiger partial charge < -0.3 is 4.90 Å². The maximum Gasteiger partial charge on any atom is 0.433 e. The highest BCUT2D eigenvalue weighted by Gasteiger charge is 2.33. The number of hydrogen-bond donors (Lipinski definition) is 0. The lowest BCUT2D eigenvalue weighted by atomic mass is 10.2. The average Bonchev–Trinajstić information content (AvgIpc) is 2.33. The lowest BCUT2D eigenvalue weighted by molar-refractivity contribution is -0.141. The van der Waals surface area contributed by atoms with Crippen LogP contribution in [0.25, 0.3) is 0 Å². The van der Waals surface area contributed by atoms with E-state index in [4.69, 9.17) is 5.26 Å². The summed E-state index contributed by atoms with van der Waals surface area (Å²) in [5.74, 6) is 0.0345. The van der Waals surface area contributed by atoms with Crippen molar-refractivity contribution < 1.29 is 13.2 Å². The predicted molar refractivity (Wildman–Crippen MR) is 66.6 cm³/mol. The molecule has 0 aliphatic heterocycles. The molecule has 102 valence electrons. The lowest BCUT2D eigenvalue weighted by Crippen LogP contribution is -2.32. The van der Waals surface area contributed by atoms with Gasteiger partial charge in [-0.25, -0.2) is 4.98 Å². The maximum atomic E-state index is 12.7. The summed E-state index contributed by atoms with van der Waals surface area (Å²) in [6.45, 7) is 7.50. The molecule has 0 spiro atoms. The van der Waals surface area contributed by atoms with E-state index in [1.54, 1.807) is 11.0 Å². The Kier molecular flexibility index (Phi) is 4.54. The first kappa shape index (κ1) is 15.0. The van der Waals surface area contributed by atoms with E-state index in [2.05, 4.69) is 11.6 Å². The Morgan fingerprint density at radius 1 is 1.47 bits per heavy atom. The molecule has 0 unspecified atom stereocenters. The molecule has 1 aromatic rings. The molecule has 0 atom stereocenters. The molecule has 0 fully saturated rings. The van der Waals surface area contributed by atoms with Gasteiger partial charge in [-0.3, -0.25) is 0 Å². The highest BCUT2D eigenvalue weighted by molar-refractivity contribution is 5.55. The van der Waals surface area contributed by atoms with Crippen LogP contribution in [0.1, 0.15) is 25.1 Å². The topological polar surface area (TPSA) is 39.9 Å². The van der Waals surface area contributed by atoms with Crippen LogP contribution in [0.4, 0.5) is 19.0 Å². The summed E-state index contributed by atoms with van der Waals surface area (Å²) in [5.41, 5.74) is -0.889. The summed E-state index contributed by atoms with van der Waals surface area (Å²) in [7, 11) is 0. The van der Waals surface area contributed by atoms with Gasteiger partial charge in [-0.05, 0) is 26.0 Å². The molecule has 0 aliphatic carbocycles. The van der Waals surface area contributed by atoms with Crippen molar-refractivity contribution in [2.45, 2.75) is 26.1 Å². The number of aromatic nitrogens is 1. The largest absolute Gasteiger partial charge is 0.433 e. The van der Waals surface area contributed by atoms with Gasteiger partial charge >= 0.3 is 6.18 Å². The Hall–Kier alpha value is -2.03. The minimum Gasteiger partial charge on any atom is -0.349 e. The number of halogens is 3. The third-order valence-electron chi connectivity index (χ3n) is 2.51. The number of alkyl halides is 3. The van der Waals surface area contributed by atoms with Gasteiger partial charge in [0.2, 0.25) is 0 Å². The van der Waals surface area contributed by atoms with Crippen LogP contribution >= 0.6 is 0 Å². The Balaban J connectivity index is 3.37. The summed E-state index contributed by atoms with van der Waals surface area (Å²) in [5, 5.41) is 8.99. The van der Waals surface area contributed by atoms with Crippen LogP contribution in [-0.4, -0.2) is 17.6 Å². The Bertz CT molecular complexity index is 501. The minimum atomic E-state index is -4.53. The van der Waals surface area contributed by atoms with Gasteiger partial charge in [0.15, 0.2) is 0 Å². The first-order valence-corrected chi connectivity index (χ1v) is 5.67. The molecular formula is C13H14F3N3. The van der Waals surface area contributed by atoms with Crippen LogP contribution in [0.3, 0.4) is 0 Å². The summed E-state index contributed by atoms with van der Waals surface area (Å²) in [6, 6.07) is 3.72. The number of rotatable bonds is 4. The number of anilines is 1. The molecule has 3 nitrogen and oxygen atoms in total. The fraction of sp³-hybridized carbons (Fsp3) is 0.385. The predicted octanol–water partition coefficient (Wildman–Crippen LogP) is 3.37. The van der Waals surface area contributed by atoms with Crippen molar-refractivity contribution >= 4 is 5.82 Å². The smallest absolute Gasteiger partial charge is 0.349 e. The first-order valence-electron chi connectivity index (χ1n) is 5.67. The molecule has 0 aliphatic rings. The molecule has 0 N–H and O–H groups in total. The molecule has 1 heterocycles. The molecule has 6 heteroatoms. The molecule has 1 aromatic heterocycles. The van der Waals surface area contributed by atoms with Gasteiger partial charge in [-0.1, -0.05) is 6.08 Å². The minimum absolute atomic E-state index is 0.0345. The molecule has 0 saturated carbocycles. The number of hydrogen-bond acceptors (Lipinski definition) is 3. The second-order valence-electron chi connectivity index (χ2n) is 4.21. The van der Waals surface area contributed by atoms with E-state index in [9.17, 15) is 13.2 Å². The second-order valence-corrected chi connectivity index (χ2v) is 4.21. The van der Waals surface area contributed by atoms with Crippen LogP contribution in [0.15, 0.2) is 24.8 Å². The van der Waals surface area contributed by atoms with E-state index >= 15 is 0 Å². The van der Waals surface area contributed by atoms with E-state index in [0.717, 1.165) is 12.1 Å². The third kappa shape index (κ3) is 3.47. The zero-order valence-corrected chi connectivity index (χ0v) is 10.7. The zero-order chi connectivity index (χ0) is 14.6. The Morgan fingerprint density at radius 2 is 2.11 bits per heavy atom. The molecule has 0 radical (unpaired) electrons. The van der Waals surface area contributed by atoms with E-state index in [1.807, 2.05) is 19.9 Å². The van der Waals surface area contributed by atoms with Crippen molar-refractivity contribution in [3.63, 3.8) is 0 Å². The summed E-state index contributed by atoms with van der Waals surface area (Å²) < 4.78 is 38.0. The molecule has 0 saturated heterocycles. The molecule has 0 aromatic carbocycles. The number of nitrogens with zero attached hydrogens (tertiary/aromatic N) is 3. The monoisotopic (exact) mass is 269 g/mol. The SMILES string of the molecule is C=CCN(c1nc(C(F)(F)F)ccc1C#N)C(C)C. The summed E-state index contributed by atoms with van der Waals surface area (Å²) in [6.07, 6.45) is -2.97. The van der Waals surface area contributed by atoms with Crippen LogP contribution < -0.4 is 4.90 Å². The summed E-state index contributed by atoms with van der Waals surface area (Å²) >= 11 is 0. The van der Waals surface area contributed by atoms with Crippen molar-refractivity contribution in [1.82, 2.24) is 4.98 Å². The van der Waals surface area contributed by atoms with E-state index in [1.165, 1.54) is 0 Å². The van der Waals surface area contributed by atoms with E-state index in [0.29, 0.717) is 6.54 Å². The Labute approximate surface area is 110 Å². The standard InChI is InChI=1S/C13H14F3N3/c1-4-7-19(9(2)3)12-10(8-17)5-6-11(18-12)13(14,15)16/h4-6,9H,1,7H2,2-3H3. The molecule has 1 rings (SSSR count). The highest BCUT2D eigenvalue weighted by Crippen LogP contribution is 2.30. The van der Waals surface area contributed by atoms with Gasteiger partial charge in [-0.15, -0.1) is 6.58 Å². The van der Waals surface area contributed by atoms with Crippen molar-refractivity contribution in [2.75, 3.05) is 11.4 Å². The molecular weight excluding hydrogens is 255 g/mol. The third-order valence-corrected chi connectivity index (χ3v) is 2.51. The lowest BCUT2D eigenvalue weighted by Gasteiger charge is -2.27. The maximum absolute atomic E-state index is 12.7. The Morgan fingerprint density at radius 3 is 2.53 bits per heavy atom. The van der Waals surface area contributed by atoms with E-state index in [-0.39, 0.29) is 17.4 Å². The van der Waals surface area contributed by atoms with E-state index < -0.39 is 11.9 Å². The van der Waals surface area contributed by atoms with Crippen molar-refractivity contribution in [2.24, 2.45) is 0 Å². The van der Waals surface area contributed by atoms with Crippen molar-refractivity contribution in [1.29, 1.82) is 5.26 Å². The first-order chi connectivity index (χ1) is 8.81. The zero-order valence-electron chi connectivity index (χ0n) is 10.7. The summed E-state index contributed by atoms with van der Waals surface area (Å²) in [4.78, 5) is 5.18. The number of nitriles is 1. The van der Waals surface area contributed by atoms with Gasteiger partial charge in [0.1, 0.15) is 17.6 Å². The highest BCUT2D eigenvalue weighted by atomic mass is 19.4. The number of pyridine rings is 1.